The van der Waals surface area contributed by atoms with Gasteiger partial charge in [-0.15, -0.1) is 0 Å². The van der Waals surface area contributed by atoms with E-state index in [-0.39, 0.29) is 16.6 Å². The second kappa shape index (κ2) is 5.79. The number of rotatable bonds is 2. The summed E-state index contributed by atoms with van der Waals surface area (Å²) in [5.74, 6) is 0.789. The summed E-state index contributed by atoms with van der Waals surface area (Å²) in [5.41, 5.74) is 0.218. The lowest BCUT2D eigenvalue weighted by Gasteiger charge is -2.30. The summed E-state index contributed by atoms with van der Waals surface area (Å²) >= 11 is 7.65. The van der Waals surface area contributed by atoms with Crippen LogP contribution in [0, 0.1) is 10.1 Å². The largest absolute Gasteiger partial charge is 0.337 e. The molecule has 0 aromatic heterocycles. The number of thioether (sulfide) groups is 1. The lowest BCUT2D eigenvalue weighted by atomic mass is 10.1. The lowest BCUT2D eigenvalue weighted by Crippen LogP contribution is -2.41. The van der Waals surface area contributed by atoms with Crippen LogP contribution in [-0.2, 0) is 0 Å². The molecule has 0 saturated carbocycles. The van der Waals surface area contributed by atoms with Gasteiger partial charge in [0.05, 0.1) is 4.92 Å². The maximum absolute atomic E-state index is 12.3. The van der Waals surface area contributed by atoms with Gasteiger partial charge in [0, 0.05) is 35.7 Å². The predicted molar refractivity (Wildman–Crippen MR) is 75.9 cm³/mol. The molecule has 1 aliphatic rings. The Morgan fingerprint density at radius 1 is 1.58 bits per heavy atom. The number of benzene rings is 1. The molecule has 1 saturated heterocycles. The SMILES string of the molecule is C[C@H]1CN(C(=O)c2ccc([N+](=O)[O-])c(Cl)c2)CCS1. The minimum absolute atomic E-state index is 0.00437. The van der Waals surface area contributed by atoms with Crippen LogP contribution in [-0.4, -0.2) is 39.8 Å². The zero-order valence-electron chi connectivity index (χ0n) is 10.3. The van der Waals surface area contributed by atoms with Gasteiger partial charge in [0.2, 0.25) is 0 Å². The van der Waals surface area contributed by atoms with Crippen LogP contribution in [0.2, 0.25) is 5.02 Å². The second-order valence-corrected chi connectivity index (χ2v) is 6.31. The standard InChI is InChI=1S/C12H13ClN2O3S/c1-8-7-14(4-5-19-8)12(16)9-2-3-11(15(17)18)10(13)6-9/h2-3,6,8H,4-5,7H2,1H3/t8-/m0/s1. The molecule has 102 valence electrons. The van der Waals surface area contributed by atoms with Crippen molar-refractivity contribution in [3.63, 3.8) is 0 Å². The average Bonchev–Trinajstić information content (AvgIpc) is 2.37. The van der Waals surface area contributed by atoms with E-state index >= 15 is 0 Å². The number of carbonyl (C=O) groups excluding carboxylic acids is 1. The van der Waals surface area contributed by atoms with E-state index in [0.29, 0.717) is 23.9 Å². The van der Waals surface area contributed by atoms with E-state index in [9.17, 15) is 14.9 Å². The van der Waals surface area contributed by atoms with Gasteiger partial charge in [-0.3, -0.25) is 14.9 Å². The molecular weight excluding hydrogens is 288 g/mol. The van der Waals surface area contributed by atoms with E-state index in [1.165, 1.54) is 18.2 Å². The van der Waals surface area contributed by atoms with Gasteiger partial charge in [-0.25, -0.2) is 0 Å². The van der Waals surface area contributed by atoms with Crippen molar-refractivity contribution < 1.29 is 9.72 Å². The van der Waals surface area contributed by atoms with Crippen molar-refractivity contribution in [2.45, 2.75) is 12.2 Å². The molecule has 1 amide bonds. The highest BCUT2D eigenvalue weighted by molar-refractivity contribution is 7.99. The Morgan fingerprint density at radius 2 is 2.32 bits per heavy atom. The molecule has 1 aliphatic heterocycles. The summed E-state index contributed by atoms with van der Waals surface area (Å²) < 4.78 is 0. The summed E-state index contributed by atoms with van der Waals surface area (Å²) in [6, 6.07) is 4.10. The average molecular weight is 301 g/mol. The first-order valence-electron chi connectivity index (χ1n) is 5.84. The molecule has 1 atom stereocenters. The normalized spacial score (nSPS) is 19.3. The Bertz CT molecular complexity index is 524. The van der Waals surface area contributed by atoms with E-state index in [2.05, 4.69) is 6.92 Å². The molecule has 19 heavy (non-hydrogen) atoms. The van der Waals surface area contributed by atoms with Gasteiger partial charge in [0.15, 0.2) is 0 Å². The molecule has 1 aromatic carbocycles. The Balaban J connectivity index is 2.19. The van der Waals surface area contributed by atoms with Crippen LogP contribution in [0.25, 0.3) is 0 Å². The van der Waals surface area contributed by atoms with E-state index in [0.717, 1.165) is 5.75 Å². The van der Waals surface area contributed by atoms with Crippen LogP contribution in [0.1, 0.15) is 17.3 Å². The number of nitro groups is 1. The molecule has 0 radical (unpaired) electrons. The molecule has 0 aliphatic carbocycles. The van der Waals surface area contributed by atoms with Gasteiger partial charge in [-0.05, 0) is 12.1 Å². The number of halogens is 1. The van der Waals surface area contributed by atoms with Crippen molar-refractivity contribution in [1.29, 1.82) is 0 Å². The Kier molecular flexibility index (Phi) is 4.31. The molecule has 0 unspecified atom stereocenters. The van der Waals surface area contributed by atoms with E-state index in [4.69, 9.17) is 11.6 Å². The number of nitrogens with zero attached hydrogens (tertiary/aromatic N) is 2. The van der Waals surface area contributed by atoms with E-state index in [1.807, 2.05) is 11.8 Å². The summed E-state index contributed by atoms with van der Waals surface area (Å²) in [6.07, 6.45) is 0. The van der Waals surface area contributed by atoms with Gasteiger partial charge in [0.1, 0.15) is 5.02 Å². The van der Waals surface area contributed by atoms with Gasteiger partial charge in [-0.2, -0.15) is 11.8 Å². The highest BCUT2D eigenvalue weighted by Crippen LogP contribution is 2.26. The second-order valence-electron chi connectivity index (χ2n) is 4.36. The summed E-state index contributed by atoms with van der Waals surface area (Å²) in [4.78, 5) is 24.1. The molecule has 7 heteroatoms. The van der Waals surface area contributed by atoms with Crippen molar-refractivity contribution in [2.75, 3.05) is 18.8 Å². The molecule has 1 heterocycles. The topological polar surface area (TPSA) is 63.5 Å². The first kappa shape index (κ1) is 14.1. The molecule has 1 aromatic rings. The van der Waals surface area contributed by atoms with Gasteiger partial charge in [0.25, 0.3) is 11.6 Å². The summed E-state index contributed by atoms with van der Waals surface area (Å²) in [7, 11) is 0. The van der Waals surface area contributed by atoms with E-state index < -0.39 is 4.92 Å². The minimum Gasteiger partial charge on any atom is -0.337 e. The molecule has 1 fully saturated rings. The molecule has 2 rings (SSSR count). The Hall–Kier alpha value is -1.27. The Labute approximate surface area is 120 Å². The van der Waals surface area contributed by atoms with Crippen molar-refractivity contribution in [3.8, 4) is 0 Å². The van der Waals surface area contributed by atoms with Crippen molar-refractivity contribution >= 4 is 35.0 Å². The van der Waals surface area contributed by atoms with Crippen molar-refractivity contribution in [2.24, 2.45) is 0 Å². The summed E-state index contributed by atoms with van der Waals surface area (Å²) in [6.45, 7) is 3.47. The third kappa shape index (κ3) is 3.19. The first-order chi connectivity index (χ1) is 8.99. The fourth-order valence-corrected chi connectivity index (χ4v) is 3.24. The predicted octanol–water partition coefficient (Wildman–Crippen LogP) is 2.83. The van der Waals surface area contributed by atoms with E-state index in [1.54, 1.807) is 4.90 Å². The third-order valence-corrected chi connectivity index (χ3v) is 4.36. The number of amides is 1. The smallest absolute Gasteiger partial charge is 0.287 e. The molecule has 0 bridgehead atoms. The molecule has 0 spiro atoms. The highest BCUT2D eigenvalue weighted by Gasteiger charge is 2.23. The number of carbonyl (C=O) groups is 1. The molecular formula is C12H13ClN2O3S. The first-order valence-corrected chi connectivity index (χ1v) is 7.26. The number of hydrogen-bond donors (Lipinski definition) is 0. The zero-order chi connectivity index (χ0) is 14.0. The minimum atomic E-state index is -0.559. The number of hydrogen-bond acceptors (Lipinski definition) is 4. The zero-order valence-corrected chi connectivity index (χ0v) is 11.9. The maximum Gasteiger partial charge on any atom is 0.287 e. The van der Waals surface area contributed by atoms with Crippen LogP contribution in [0.15, 0.2) is 18.2 Å². The molecule has 0 N–H and O–H groups in total. The third-order valence-electron chi connectivity index (χ3n) is 2.92. The van der Waals surface area contributed by atoms with Crippen LogP contribution >= 0.6 is 23.4 Å². The monoisotopic (exact) mass is 300 g/mol. The Morgan fingerprint density at radius 3 is 2.89 bits per heavy atom. The van der Waals surface area contributed by atoms with Crippen LogP contribution in [0.3, 0.4) is 0 Å². The fourth-order valence-electron chi connectivity index (χ4n) is 1.97. The van der Waals surface area contributed by atoms with Crippen LogP contribution in [0.4, 0.5) is 5.69 Å². The van der Waals surface area contributed by atoms with Gasteiger partial charge < -0.3 is 4.90 Å². The van der Waals surface area contributed by atoms with Crippen LogP contribution in [0.5, 0.6) is 0 Å². The lowest BCUT2D eigenvalue weighted by molar-refractivity contribution is -0.384. The van der Waals surface area contributed by atoms with Crippen LogP contribution < -0.4 is 0 Å². The molecule has 5 nitrogen and oxygen atoms in total. The fraction of sp³-hybridized carbons (Fsp3) is 0.417. The van der Waals surface area contributed by atoms with Gasteiger partial charge in [-0.1, -0.05) is 18.5 Å². The van der Waals surface area contributed by atoms with Crippen molar-refractivity contribution in [1.82, 2.24) is 4.90 Å². The van der Waals surface area contributed by atoms with Gasteiger partial charge >= 0.3 is 0 Å². The quantitative estimate of drug-likeness (QED) is 0.622. The number of nitro benzene ring substituents is 1. The summed E-state index contributed by atoms with van der Waals surface area (Å²) in [5, 5.41) is 11.1. The van der Waals surface area contributed by atoms with Crippen molar-refractivity contribution in [3.05, 3.63) is 38.9 Å². The highest BCUT2D eigenvalue weighted by atomic mass is 35.5. The maximum atomic E-state index is 12.3.